The van der Waals surface area contributed by atoms with E-state index in [1.807, 2.05) is 25.8 Å². The van der Waals surface area contributed by atoms with E-state index in [1.165, 1.54) is 43.0 Å². The molecule has 0 radical (unpaired) electrons. The lowest BCUT2D eigenvalue weighted by molar-refractivity contribution is -0.111. The Bertz CT molecular complexity index is 1810. The van der Waals surface area contributed by atoms with Crippen LogP contribution in [0.2, 0.25) is 10.0 Å². The van der Waals surface area contributed by atoms with Gasteiger partial charge >= 0.3 is 5.69 Å². The molecule has 0 atom stereocenters. The average Bonchev–Trinajstić information content (AvgIpc) is 3.02. The summed E-state index contributed by atoms with van der Waals surface area (Å²) in [4.78, 5) is 37.6. The summed E-state index contributed by atoms with van der Waals surface area (Å²) < 4.78 is 6.68. The van der Waals surface area contributed by atoms with Gasteiger partial charge in [0.2, 0.25) is 5.69 Å². The number of aromatic amines is 1. The lowest BCUT2D eigenvalue weighted by Crippen LogP contribution is -2.33. The van der Waals surface area contributed by atoms with Crippen molar-refractivity contribution in [3.05, 3.63) is 120 Å². The van der Waals surface area contributed by atoms with Gasteiger partial charge in [0.15, 0.2) is 11.5 Å². The van der Waals surface area contributed by atoms with Crippen molar-refractivity contribution in [1.29, 1.82) is 5.26 Å². The molecule has 0 spiro atoms. The first-order valence-electron chi connectivity index (χ1n) is 14.7. The van der Waals surface area contributed by atoms with Crippen LogP contribution >= 0.6 is 23.2 Å². The Morgan fingerprint density at radius 3 is 2.20 bits per heavy atom. The number of carbonyl (C=O) groups is 1. The van der Waals surface area contributed by atoms with Gasteiger partial charge in [-0.25, -0.2) is 4.79 Å². The summed E-state index contributed by atoms with van der Waals surface area (Å²) in [5.41, 5.74) is 3.08. The lowest BCUT2D eigenvalue weighted by Gasteiger charge is -2.14. The predicted molar refractivity (Wildman–Crippen MR) is 182 cm³/mol. The molecule has 0 aliphatic carbocycles. The van der Waals surface area contributed by atoms with Crippen molar-refractivity contribution >= 4 is 34.6 Å². The first-order chi connectivity index (χ1) is 21.5. The van der Waals surface area contributed by atoms with Crippen LogP contribution in [0.3, 0.4) is 0 Å². The number of nitrogens with one attached hydrogen (secondary N) is 1. The molecule has 0 aliphatic heterocycles. The molecule has 0 saturated heterocycles. The number of allylic oxidation sites excluding steroid dienone is 2. The normalized spacial score (nSPS) is 10.5. The maximum Gasteiger partial charge on any atom is 0.349 e. The summed E-state index contributed by atoms with van der Waals surface area (Å²) in [5.74, 6) is 0.437. The summed E-state index contributed by atoms with van der Waals surface area (Å²) in [6.07, 6.45) is 5.37. The van der Waals surface area contributed by atoms with Crippen molar-refractivity contribution in [2.24, 2.45) is 0 Å². The zero-order valence-electron chi connectivity index (χ0n) is 26.6. The molecule has 4 rings (SSSR count). The second-order valence-corrected chi connectivity index (χ2v) is 10.4. The fraction of sp³-hybridized carbons (Fsp3) is 0.286. The minimum atomic E-state index is -0.896. The number of hydrogen-bond acceptors (Lipinski definition) is 6. The van der Waals surface area contributed by atoms with Crippen molar-refractivity contribution in [3.63, 3.8) is 0 Å². The van der Waals surface area contributed by atoms with Crippen molar-refractivity contribution in [3.8, 4) is 23.3 Å². The van der Waals surface area contributed by atoms with Gasteiger partial charge in [0.05, 0.1) is 15.7 Å². The number of halogens is 2. The van der Waals surface area contributed by atoms with E-state index in [1.54, 1.807) is 37.3 Å². The van der Waals surface area contributed by atoms with E-state index in [2.05, 4.69) is 43.2 Å². The molecule has 4 aromatic rings. The molecule has 236 valence electrons. The van der Waals surface area contributed by atoms with Gasteiger partial charge in [0.1, 0.15) is 11.8 Å². The van der Waals surface area contributed by atoms with E-state index in [9.17, 15) is 14.4 Å². The van der Waals surface area contributed by atoms with Crippen molar-refractivity contribution in [2.45, 2.75) is 67.7 Å². The maximum absolute atomic E-state index is 12.1. The van der Waals surface area contributed by atoms with Crippen molar-refractivity contribution < 1.29 is 9.53 Å². The van der Waals surface area contributed by atoms with Gasteiger partial charge < -0.3 is 4.74 Å². The summed E-state index contributed by atoms with van der Waals surface area (Å²) >= 11 is 12.7. The Kier molecular flexibility index (Phi) is 14.5. The molecule has 0 bridgehead atoms. The van der Waals surface area contributed by atoms with Crippen LogP contribution in [-0.4, -0.2) is 20.5 Å². The standard InChI is InChI=1S/C22H16Cl2N4O4.C11H16.C2H6/c1-4-15(12(3)29)16-9-14(6-5-11(16)2)32-20-17(23)7-13(8-18(20)24)28-22(31)26-21(30)19(10-25)27-28;1-3-7-11-9-6-5-8-10(11)4-2;1-2/h4-9H,1-3H3,(H,26,30,31);5-6,8-9H,3-4,7H2,1-2H3;1-2H3/b15-4-;;. The molecule has 0 aliphatic rings. The van der Waals surface area contributed by atoms with Gasteiger partial charge in [-0.3, -0.25) is 14.6 Å². The minimum Gasteiger partial charge on any atom is -0.454 e. The van der Waals surface area contributed by atoms with Crippen molar-refractivity contribution in [1.82, 2.24) is 14.8 Å². The molecule has 0 amide bonds. The molecule has 1 N–H and O–H groups in total. The Hall–Kier alpha value is -4.45. The molecule has 0 saturated carbocycles. The van der Waals surface area contributed by atoms with E-state index in [4.69, 9.17) is 33.2 Å². The van der Waals surface area contributed by atoms with Crippen LogP contribution in [0.4, 0.5) is 0 Å². The number of hydrogen-bond donors (Lipinski definition) is 1. The third-order valence-electron chi connectivity index (χ3n) is 6.57. The molecular formula is C35H38Cl2N4O4. The third kappa shape index (κ3) is 9.52. The number of benzene rings is 3. The fourth-order valence-electron chi connectivity index (χ4n) is 4.45. The van der Waals surface area contributed by atoms with Gasteiger partial charge in [0.25, 0.3) is 5.56 Å². The number of Topliss-reactive ketones (excluding diaryl/α,β-unsaturated/α-hetero) is 1. The summed E-state index contributed by atoms with van der Waals surface area (Å²) in [7, 11) is 0. The summed E-state index contributed by atoms with van der Waals surface area (Å²) in [6, 6.07) is 18.3. The number of aromatic nitrogens is 3. The van der Waals surface area contributed by atoms with E-state index in [-0.39, 0.29) is 27.3 Å². The molecule has 10 heteroatoms. The number of nitriles is 1. The third-order valence-corrected chi connectivity index (χ3v) is 7.13. The van der Waals surface area contributed by atoms with Crippen LogP contribution in [0.15, 0.2) is 70.3 Å². The molecule has 3 aromatic carbocycles. The minimum absolute atomic E-state index is 0.0610. The Balaban J connectivity index is 0.000000454. The molecule has 0 fully saturated rings. The summed E-state index contributed by atoms with van der Waals surface area (Å²) in [5, 5.41) is 12.8. The number of ketones is 1. The number of aryl methyl sites for hydroxylation is 3. The topological polar surface area (TPSA) is 118 Å². The number of H-pyrrole nitrogens is 1. The number of carbonyl (C=O) groups excluding carboxylic acids is 1. The Labute approximate surface area is 273 Å². The highest BCUT2D eigenvalue weighted by Crippen LogP contribution is 2.39. The smallest absolute Gasteiger partial charge is 0.349 e. The van der Waals surface area contributed by atoms with Crippen molar-refractivity contribution in [2.75, 3.05) is 0 Å². The van der Waals surface area contributed by atoms with Crippen LogP contribution in [0.1, 0.15) is 75.9 Å². The number of rotatable bonds is 8. The zero-order valence-corrected chi connectivity index (χ0v) is 28.1. The Morgan fingerprint density at radius 1 is 1.04 bits per heavy atom. The second-order valence-electron chi connectivity index (χ2n) is 9.58. The zero-order chi connectivity index (χ0) is 33.7. The highest BCUT2D eigenvalue weighted by molar-refractivity contribution is 6.37. The van der Waals surface area contributed by atoms with E-state index in [0.717, 1.165) is 22.2 Å². The fourth-order valence-corrected chi connectivity index (χ4v) is 5.00. The van der Waals surface area contributed by atoms with Crippen LogP contribution in [0, 0.1) is 18.3 Å². The summed E-state index contributed by atoms with van der Waals surface area (Å²) in [6.45, 7) is 13.6. The van der Waals surface area contributed by atoms with E-state index in [0.29, 0.717) is 11.3 Å². The van der Waals surface area contributed by atoms with Crippen LogP contribution in [-0.2, 0) is 17.6 Å². The second kappa shape index (κ2) is 17.7. The first-order valence-corrected chi connectivity index (χ1v) is 15.5. The van der Waals surface area contributed by atoms with E-state index < -0.39 is 16.9 Å². The predicted octanol–water partition coefficient (Wildman–Crippen LogP) is 8.42. The Morgan fingerprint density at radius 2 is 1.67 bits per heavy atom. The van der Waals surface area contributed by atoms with E-state index >= 15 is 0 Å². The molecule has 0 unspecified atom stereocenters. The monoisotopic (exact) mass is 648 g/mol. The van der Waals surface area contributed by atoms with Crippen LogP contribution < -0.4 is 16.0 Å². The molecular weight excluding hydrogens is 611 g/mol. The first kappa shape index (κ1) is 36.7. The van der Waals surface area contributed by atoms with Gasteiger partial charge in [0, 0.05) is 5.57 Å². The van der Waals surface area contributed by atoms with Crippen LogP contribution in [0.25, 0.3) is 11.3 Å². The highest BCUT2D eigenvalue weighted by atomic mass is 35.5. The largest absolute Gasteiger partial charge is 0.454 e. The van der Waals surface area contributed by atoms with Gasteiger partial charge in [-0.1, -0.05) is 93.7 Å². The maximum atomic E-state index is 12.1. The molecule has 8 nitrogen and oxygen atoms in total. The van der Waals surface area contributed by atoms with Gasteiger partial charge in [-0.15, -0.1) is 5.10 Å². The number of nitrogens with zero attached hydrogens (tertiary/aromatic N) is 3. The molecule has 1 heterocycles. The average molecular weight is 650 g/mol. The molecule has 45 heavy (non-hydrogen) atoms. The molecule has 1 aromatic heterocycles. The van der Waals surface area contributed by atoms with Crippen LogP contribution in [0.5, 0.6) is 11.5 Å². The highest BCUT2D eigenvalue weighted by Gasteiger charge is 2.16. The quantitative estimate of drug-likeness (QED) is 0.192. The number of ether oxygens (including phenoxy) is 1. The SMILES string of the molecule is C/C=C(/C(C)=O)c1cc(Oc2c(Cl)cc(-n3nc(C#N)c(=O)[nH]c3=O)cc2Cl)ccc1C.CC.CCCc1ccccc1CC. The van der Waals surface area contributed by atoms with Gasteiger partial charge in [-0.2, -0.15) is 9.94 Å². The lowest BCUT2D eigenvalue weighted by atomic mass is 9.97. The van der Waals surface area contributed by atoms with Gasteiger partial charge in [-0.05, 0) is 80.1 Å².